The number of hydrogen-bond donors (Lipinski definition) is 1. The normalized spacial score (nSPS) is 12.3. The quantitative estimate of drug-likeness (QED) is 0.216. The zero-order valence-electron chi connectivity index (χ0n) is 13.5. The van der Waals surface area contributed by atoms with Crippen LogP contribution in [0.15, 0.2) is 46.7 Å². The van der Waals surface area contributed by atoms with Gasteiger partial charge in [-0.3, -0.25) is 4.79 Å². The Hall–Kier alpha value is -2.08. The summed E-state index contributed by atoms with van der Waals surface area (Å²) in [6.45, 7) is 8.71. The fourth-order valence-electron chi connectivity index (χ4n) is 1.43. The van der Waals surface area contributed by atoms with Crippen LogP contribution in [0.25, 0.3) is 0 Å². The summed E-state index contributed by atoms with van der Waals surface area (Å²) in [5.74, 6) is 1.21. The van der Waals surface area contributed by atoms with Crippen LogP contribution in [-0.2, 0) is 4.79 Å². The fourth-order valence-corrected chi connectivity index (χ4v) is 1.50. The lowest BCUT2D eigenvalue weighted by molar-refractivity contribution is -0.136. The minimum Gasteiger partial charge on any atom is -0.427 e. The Labute approximate surface area is 142 Å². The van der Waals surface area contributed by atoms with E-state index in [2.05, 4.69) is 21.9 Å². The number of alkyl halides is 1. The molecule has 2 radical (unpaired) electrons. The number of hydrogen-bond acceptors (Lipinski definition) is 4. The van der Waals surface area contributed by atoms with E-state index < -0.39 is 11.3 Å². The van der Waals surface area contributed by atoms with Crippen LogP contribution in [0.3, 0.4) is 0 Å². The molecule has 1 aromatic rings. The lowest BCUT2D eigenvalue weighted by Crippen LogP contribution is -2.22. The van der Waals surface area contributed by atoms with Gasteiger partial charge in [-0.25, -0.2) is 9.98 Å². The predicted octanol–water partition coefficient (Wildman–Crippen LogP) is 3.57. The summed E-state index contributed by atoms with van der Waals surface area (Å²) in [7, 11) is 5.67. The van der Waals surface area contributed by atoms with Gasteiger partial charge in [0.15, 0.2) is 0 Å². The average molecular weight is 332 g/mol. The van der Waals surface area contributed by atoms with Crippen molar-refractivity contribution >= 4 is 43.2 Å². The zero-order chi connectivity index (χ0) is 17.5. The predicted molar refractivity (Wildman–Crippen MR) is 97.0 cm³/mol. The number of rotatable bonds is 6. The van der Waals surface area contributed by atoms with E-state index in [-0.39, 0.29) is 0 Å². The smallest absolute Gasteiger partial charge is 0.307 e. The van der Waals surface area contributed by atoms with Crippen LogP contribution in [0.2, 0.25) is 5.31 Å². The van der Waals surface area contributed by atoms with Gasteiger partial charge in [-0.15, -0.1) is 11.6 Å². The molecule has 7 heteroatoms. The Morgan fingerprint density at radius 1 is 1.43 bits per heavy atom. The third-order valence-corrected chi connectivity index (χ3v) is 2.66. The molecule has 0 aliphatic carbocycles. The van der Waals surface area contributed by atoms with E-state index in [9.17, 15) is 4.79 Å². The Morgan fingerprint density at radius 2 is 2.04 bits per heavy atom. The summed E-state index contributed by atoms with van der Waals surface area (Å²) in [6, 6.07) is 6.79. The number of carbonyl (C=O) groups is 1. The van der Waals surface area contributed by atoms with Crippen LogP contribution in [0, 0.1) is 0 Å². The van der Waals surface area contributed by atoms with Crippen molar-refractivity contribution in [2.75, 3.05) is 11.2 Å². The zero-order valence-corrected chi connectivity index (χ0v) is 14.2. The molecule has 0 saturated heterocycles. The second kappa shape index (κ2) is 8.53. The Morgan fingerprint density at radius 3 is 2.57 bits per heavy atom. The minimum absolute atomic E-state index is 0.326. The van der Waals surface area contributed by atoms with Gasteiger partial charge in [0.1, 0.15) is 17.4 Å². The molecule has 0 fully saturated rings. The number of aliphatic imine (C=N–C) groups is 2. The fraction of sp³-hybridized carbons (Fsp3) is 0.312. The van der Waals surface area contributed by atoms with Gasteiger partial charge < -0.3 is 10.1 Å². The van der Waals surface area contributed by atoms with Gasteiger partial charge in [0, 0.05) is 17.2 Å². The summed E-state index contributed by atoms with van der Waals surface area (Å²) in [5, 5.41) is 1.97. The summed E-state index contributed by atoms with van der Waals surface area (Å²) in [5.41, 5.74) is 0.750. The van der Waals surface area contributed by atoms with E-state index in [0.717, 1.165) is 5.69 Å². The Kier molecular flexibility index (Phi) is 7.04. The third-order valence-electron chi connectivity index (χ3n) is 2.52. The molecule has 0 aliphatic rings. The molecule has 0 unspecified atom stereocenters. The van der Waals surface area contributed by atoms with E-state index in [4.69, 9.17) is 24.2 Å². The number of carbonyl (C=O) groups excluding carboxylic acids is 1. The second-order valence-corrected chi connectivity index (χ2v) is 5.64. The van der Waals surface area contributed by atoms with Crippen molar-refractivity contribution in [1.29, 1.82) is 0 Å². The molecule has 0 aliphatic heterocycles. The Bertz CT molecular complexity index is 619. The summed E-state index contributed by atoms with van der Waals surface area (Å²) >= 11 is 5.50. The molecule has 120 valence electrons. The summed E-state index contributed by atoms with van der Waals surface area (Å²) in [4.78, 5) is 19.9. The first-order valence-corrected chi connectivity index (χ1v) is 7.47. The highest BCUT2D eigenvalue weighted by Crippen LogP contribution is 2.24. The molecule has 0 saturated carbocycles. The van der Waals surface area contributed by atoms with Crippen LogP contribution in [0.1, 0.15) is 20.8 Å². The topological polar surface area (TPSA) is 63.0 Å². The first kappa shape index (κ1) is 19.0. The molecule has 0 heterocycles. The monoisotopic (exact) mass is 331 g/mol. The van der Waals surface area contributed by atoms with Gasteiger partial charge in [-0.05, 0) is 31.2 Å². The third kappa shape index (κ3) is 7.15. The van der Waals surface area contributed by atoms with Gasteiger partial charge in [0.05, 0.1) is 13.7 Å². The molecule has 1 rings (SSSR count). The highest BCUT2D eigenvalue weighted by atomic mass is 35.5. The largest absolute Gasteiger partial charge is 0.427 e. The van der Waals surface area contributed by atoms with Crippen molar-refractivity contribution < 1.29 is 9.53 Å². The number of ether oxygens (including phenoxy) is 1. The van der Waals surface area contributed by atoms with Crippen LogP contribution >= 0.6 is 11.6 Å². The second-order valence-electron chi connectivity index (χ2n) is 5.33. The highest BCUT2D eigenvalue weighted by molar-refractivity contribution is 6.26. The number of amidine groups is 1. The van der Waals surface area contributed by atoms with E-state index in [1.165, 1.54) is 0 Å². The average Bonchev–Trinajstić information content (AvgIpc) is 2.46. The lowest BCUT2D eigenvalue weighted by Gasteiger charge is -2.16. The van der Waals surface area contributed by atoms with Crippen LogP contribution in [0.5, 0.6) is 5.75 Å². The molecule has 0 spiro atoms. The SMILES string of the molecule is [B]C(C)(C)C(=O)Oc1ccc(NC(=C)N=C(C)N=CCCl)cc1. The number of nitrogens with zero attached hydrogens (tertiary/aromatic N) is 2. The number of benzene rings is 1. The van der Waals surface area contributed by atoms with Crippen molar-refractivity contribution in [2.24, 2.45) is 9.98 Å². The summed E-state index contributed by atoms with van der Waals surface area (Å²) < 4.78 is 5.17. The lowest BCUT2D eigenvalue weighted by atomic mass is 9.73. The number of anilines is 1. The molecule has 1 aromatic carbocycles. The maximum absolute atomic E-state index is 11.7. The van der Waals surface area contributed by atoms with Gasteiger partial charge in [0.25, 0.3) is 0 Å². The van der Waals surface area contributed by atoms with Gasteiger partial charge in [-0.2, -0.15) is 0 Å². The molecular formula is C16H19BClN3O2. The maximum atomic E-state index is 11.7. The van der Waals surface area contributed by atoms with Crippen LogP contribution < -0.4 is 10.1 Å². The van der Waals surface area contributed by atoms with Crippen molar-refractivity contribution in [3.63, 3.8) is 0 Å². The molecule has 0 bridgehead atoms. The molecular weight excluding hydrogens is 312 g/mol. The van der Waals surface area contributed by atoms with Gasteiger partial charge >= 0.3 is 5.97 Å². The van der Waals surface area contributed by atoms with Crippen molar-refractivity contribution in [3.8, 4) is 5.75 Å². The maximum Gasteiger partial charge on any atom is 0.307 e. The molecule has 0 atom stereocenters. The minimum atomic E-state index is -1.04. The van der Waals surface area contributed by atoms with E-state index in [1.807, 2.05) is 0 Å². The van der Waals surface area contributed by atoms with E-state index in [1.54, 1.807) is 51.3 Å². The van der Waals surface area contributed by atoms with Gasteiger partial charge in [0.2, 0.25) is 0 Å². The van der Waals surface area contributed by atoms with E-state index in [0.29, 0.717) is 23.3 Å². The van der Waals surface area contributed by atoms with E-state index >= 15 is 0 Å². The highest BCUT2D eigenvalue weighted by Gasteiger charge is 2.22. The molecule has 1 N–H and O–H groups in total. The standard InChI is InChI=1S/C16H19BClN3O2/c1-11(19-10-9-18)20-12(2)21-13-5-7-14(8-6-13)23-15(22)16(3,4)17/h5-8,10,21H,2,9H2,1,3-4H3. The molecule has 5 nitrogen and oxygen atoms in total. The number of halogens is 1. The number of nitrogens with one attached hydrogen (secondary N) is 1. The molecule has 0 amide bonds. The summed E-state index contributed by atoms with van der Waals surface area (Å²) in [6.07, 6.45) is 1.55. The Balaban J connectivity index is 2.66. The van der Waals surface area contributed by atoms with Crippen molar-refractivity contribution in [3.05, 3.63) is 36.7 Å². The number of esters is 1. The molecule has 0 aromatic heterocycles. The van der Waals surface area contributed by atoms with Crippen molar-refractivity contribution in [2.45, 2.75) is 26.1 Å². The molecule has 23 heavy (non-hydrogen) atoms. The van der Waals surface area contributed by atoms with Crippen LogP contribution in [-0.4, -0.2) is 31.7 Å². The van der Waals surface area contributed by atoms with Gasteiger partial charge in [-0.1, -0.05) is 20.4 Å². The first-order valence-electron chi connectivity index (χ1n) is 6.93. The first-order chi connectivity index (χ1) is 10.7. The van der Waals surface area contributed by atoms with Crippen molar-refractivity contribution in [1.82, 2.24) is 0 Å². The van der Waals surface area contributed by atoms with Crippen LogP contribution in [0.4, 0.5) is 5.69 Å².